The van der Waals surface area contributed by atoms with E-state index >= 15 is 0 Å². The molecule has 0 spiro atoms. The summed E-state index contributed by atoms with van der Waals surface area (Å²) in [6.07, 6.45) is -2.06. The highest BCUT2D eigenvalue weighted by molar-refractivity contribution is 7.92. The highest BCUT2D eigenvalue weighted by atomic mass is 32.2. The number of nitrogens with zero attached hydrogens (tertiary/aromatic N) is 1. The highest BCUT2D eigenvalue weighted by Crippen LogP contribution is 2.36. The fraction of sp³-hybridized carbons (Fsp3) is 0.467. The first-order valence-corrected chi connectivity index (χ1v) is 9.04. The molecule has 24 heavy (non-hydrogen) atoms. The summed E-state index contributed by atoms with van der Waals surface area (Å²) in [7, 11) is -3.96. The lowest BCUT2D eigenvalue weighted by Gasteiger charge is -2.42. The van der Waals surface area contributed by atoms with Gasteiger partial charge in [-0.3, -0.25) is 10.0 Å². The summed E-state index contributed by atoms with van der Waals surface area (Å²) in [4.78, 5) is 23.7. The largest absolute Gasteiger partial charge is 0.348 e. The second-order valence-corrected chi connectivity index (χ2v) is 8.37. The predicted molar refractivity (Wildman–Crippen MR) is 80.7 cm³/mol. The van der Waals surface area contributed by atoms with Gasteiger partial charge in [0.15, 0.2) is 9.84 Å². The SMILES string of the molecule is Cc1cccc(S(=O)(=O)C2CC(F)CC3C(=O)N(O)C(=O)NC32)c1. The van der Waals surface area contributed by atoms with E-state index in [0.717, 1.165) is 5.56 Å². The van der Waals surface area contributed by atoms with Crippen LogP contribution in [-0.4, -0.2) is 48.1 Å². The molecule has 4 unspecified atom stereocenters. The number of halogens is 1. The number of imide groups is 1. The Labute approximate surface area is 138 Å². The third-order valence-electron chi connectivity index (χ3n) is 4.56. The number of hydroxylamine groups is 2. The number of amides is 3. The number of carbonyl (C=O) groups excluding carboxylic acids is 2. The molecule has 0 aromatic heterocycles. The molecule has 1 heterocycles. The van der Waals surface area contributed by atoms with E-state index in [-0.39, 0.29) is 22.8 Å². The quantitative estimate of drug-likeness (QED) is 0.775. The minimum Gasteiger partial charge on any atom is -0.331 e. The van der Waals surface area contributed by atoms with Gasteiger partial charge in [-0.1, -0.05) is 12.1 Å². The number of alkyl halides is 1. The number of hydrogen-bond acceptors (Lipinski definition) is 5. The van der Waals surface area contributed by atoms with Gasteiger partial charge >= 0.3 is 6.03 Å². The molecule has 0 radical (unpaired) electrons. The molecule has 1 aromatic carbocycles. The molecule has 2 aliphatic rings. The maximum atomic E-state index is 14.1. The molecule has 7 nitrogen and oxygen atoms in total. The van der Waals surface area contributed by atoms with Gasteiger partial charge in [0.2, 0.25) is 0 Å². The number of sulfone groups is 1. The number of carbonyl (C=O) groups is 2. The molecule has 3 rings (SSSR count). The molecule has 1 aliphatic carbocycles. The number of nitrogens with one attached hydrogen (secondary N) is 1. The van der Waals surface area contributed by atoms with Crippen LogP contribution >= 0.6 is 0 Å². The molecule has 3 amide bonds. The van der Waals surface area contributed by atoms with E-state index in [0.29, 0.717) is 0 Å². The Morgan fingerprint density at radius 3 is 2.67 bits per heavy atom. The summed E-state index contributed by atoms with van der Waals surface area (Å²) in [5.74, 6) is -2.09. The Hall–Kier alpha value is -2.00. The summed E-state index contributed by atoms with van der Waals surface area (Å²) >= 11 is 0. The van der Waals surface area contributed by atoms with Crippen molar-refractivity contribution in [1.29, 1.82) is 0 Å². The molecule has 2 fully saturated rings. The van der Waals surface area contributed by atoms with E-state index in [1.54, 1.807) is 19.1 Å². The standard InChI is InChI=1S/C15H17FN2O5S/c1-8-3-2-4-10(5-8)24(22,23)12-7-9(16)6-11-13(12)17-15(20)18(21)14(11)19/h2-5,9,11-13,21H,6-7H2,1H3,(H,17,20). The molecule has 1 saturated carbocycles. The average molecular weight is 356 g/mol. The van der Waals surface area contributed by atoms with Crippen LogP contribution in [0.25, 0.3) is 0 Å². The van der Waals surface area contributed by atoms with Gasteiger partial charge in [-0.25, -0.2) is 17.6 Å². The minimum atomic E-state index is -3.96. The van der Waals surface area contributed by atoms with Crippen molar-refractivity contribution in [3.05, 3.63) is 29.8 Å². The first kappa shape index (κ1) is 16.8. The zero-order valence-electron chi connectivity index (χ0n) is 12.8. The Kier molecular flexibility index (Phi) is 4.08. The number of hydrogen-bond donors (Lipinski definition) is 2. The number of urea groups is 1. The van der Waals surface area contributed by atoms with E-state index in [1.807, 2.05) is 0 Å². The van der Waals surface area contributed by atoms with E-state index in [9.17, 15) is 27.6 Å². The predicted octanol–water partition coefficient (Wildman–Crippen LogP) is 1.20. The number of aryl methyl sites for hydroxylation is 1. The fourth-order valence-corrected chi connectivity index (χ4v) is 5.45. The van der Waals surface area contributed by atoms with Crippen LogP contribution in [0.1, 0.15) is 18.4 Å². The average Bonchev–Trinajstić information content (AvgIpc) is 2.53. The van der Waals surface area contributed by atoms with Crippen molar-refractivity contribution in [2.45, 2.75) is 42.1 Å². The molecule has 2 N–H and O–H groups in total. The second kappa shape index (κ2) is 5.82. The first-order chi connectivity index (χ1) is 11.2. The van der Waals surface area contributed by atoms with Crippen LogP contribution in [0.5, 0.6) is 0 Å². The van der Waals surface area contributed by atoms with Crippen LogP contribution in [0.3, 0.4) is 0 Å². The number of benzene rings is 1. The third kappa shape index (κ3) is 2.67. The normalized spacial score (nSPS) is 30.7. The van der Waals surface area contributed by atoms with Crippen LogP contribution in [0.4, 0.5) is 9.18 Å². The van der Waals surface area contributed by atoms with Gasteiger partial charge in [-0.15, -0.1) is 5.06 Å². The molecule has 0 bridgehead atoms. The number of fused-ring (bicyclic) bond motifs is 1. The van der Waals surface area contributed by atoms with Crippen molar-refractivity contribution in [3.8, 4) is 0 Å². The van der Waals surface area contributed by atoms with E-state index in [1.165, 1.54) is 12.1 Å². The second-order valence-electron chi connectivity index (χ2n) is 6.20. The minimum absolute atomic E-state index is 0.0217. The lowest BCUT2D eigenvalue weighted by molar-refractivity contribution is -0.164. The summed E-state index contributed by atoms with van der Waals surface area (Å²) in [6, 6.07) is 4.03. The third-order valence-corrected chi connectivity index (χ3v) is 6.75. The zero-order valence-corrected chi connectivity index (χ0v) is 13.7. The van der Waals surface area contributed by atoms with Crippen molar-refractivity contribution < 1.29 is 27.6 Å². The highest BCUT2D eigenvalue weighted by Gasteiger charge is 2.52. The van der Waals surface area contributed by atoms with Gasteiger partial charge < -0.3 is 5.32 Å². The van der Waals surface area contributed by atoms with Crippen molar-refractivity contribution in [2.24, 2.45) is 5.92 Å². The Bertz CT molecular complexity index is 797. The monoisotopic (exact) mass is 356 g/mol. The fourth-order valence-electron chi connectivity index (χ4n) is 3.37. The number of rotatable bonds is 2. The Morgan fingerprint density at radius 2 is 2.00 bits per heavy atom. The van der Waals surface area contributed by atoms with E-state index < -0.39 is 45.2 Å². The maximum Gasteiger partial charge on any atom is 0.348 e. The summed E-state index contributed by atoms with van der Waals surface area (Å²) in [5, 5.41) is 10.4. The zero-order chi connectivity index (χ0) is 17.6. The van der Waals surface area contributed by atoms with Crippen LogP contribution in [0, 0.1) is 12.8 Å². The van der Waals surface area contributed by atoms with Crippen molar-refractivity contribution >= 4 is 21.8 Å². The Morgan fingerprint density at radius 1 is 1.29 bits per heavy atom. The lowest BCUT2D eigenvalue weighted by Crippen LogP contribution is -2.66. The van der Waals surface area contributed by atoms with Gasteiger partial charge in [0.05, 0.1) is 22.1 Å². The van der Waals surface area contributed by atoms with Crippen molar-refractivity contribution in [1.82, 2.24) is 10.4 Å². The smallest absolute Gasteiger partial charge is 0.331 e. The van der Waals surface area contributed by atoms with Crippen LogP contribution in [-0.2, 0) is 14.6 Å². The van der Waals surface area contributed by atoms with Crippen LogP contribution in [0.2, 0.25) is 0 Å². The van der Waals surface area contributed by atoms with Gasteiger partial charge in [-0.2, -0.15) is 0 Å². The molecule has 1 saturated heterocycles. The van der Waals surface area contributed by atoms with Gasteiger partial charge in [0, 0.05) is 0 Å². The topological polar surface area (TPSA) is 104 Å². The summed E-state index contributed by atoms with van der Waals surface area (Å²) < 4.78 is 40.0. The molecular formula is C15H17FN2O5S. The first-order valence-electron chi connectivity index (χ1n) is 7.50. The molecule has 9 heteroatoms. The lowest BCUT2D eigenvalue weighted by atomic mass is 9.81. The maximum absolute atomic E-state index is 14.1. The van der Waals surface area contributed by atoms with Crippen molar-refractivity contribution in [3.63, 3.8) is 0 Å². The molecule has 1 aromatic rings. The Balaban J connectivity index is 2.02. The summed E-state index contributed by atoms with van der Waals surface area (Å²) in [5.41, 5.74) is 0.727. The van der Waals surface area contributed by atoms with Gasteiger partial charge in [0.25, 0.3) is 5.91 Å². The van der Waals surface area contributed by atoms with Crippen LogP contribution < -0.4 is 5.32 Å². The molecular weight excluding hydrogens is 339 g/mol. The van der Waals surface area contributed by atoms with E-state index in [2.05, 4.69) is 5.32 Å². The van der Waals surface area contributed by atoms with Crippen molar-refractivity contribution in [2.75, 3.05) is 0 Å². The molecule has 130 valence electrons. The van der Waals surface area contributed by atoms with Crippen LogP contribution in [0.15, 0.2) is 29.2 Å². The molecule has 4 atom stereocenters. The summed E-state index contributed by atoms with van der Waals surface area (Å²) in [6.45, 7) is 1.73. The van der Waals surface area contributed by atoms with E-state index in [4.69, 9.17) is 0 Å². The molecule has 1 aliphatic heterocycles. The van der Waals surface area contributed by atoms with Gasteiger partial charge in [0.1, 0.15) is 6.17 Å². The van der Waals surface area contributed by atoms with Gasteiger partial charge in [-0.05, 0) is 37.5 Å².